The highest BCUT2D eigenvalue weighted by Gasteiger charge is 2.19. The van der Waals surface area contributed by atoms with Crippen molar-refractivity contribution >= 4 is 23.3 Å². The Bertz CT molecular complexity index is 409. The lowest BCUT2D eigenvalue weighted by Crippen LogP contribution is -2.33. The molecule has 0 aliphatic heterocycles. The number of likely N-dealkylation sites (N-methyl/N-ethyl adjacent to an activating group) is 1. The van der Waals surface area contributed by atoms with Crippen LogP contribution >= 0.6 is 11.6 Å². The number of hydrogen-bond donors (Lipinski definition) is 1. The molecule has 1 atom stereocenters. The van der Waals surface area contributed by atoms with E-state index in [-0.39, 0.29) is 16.6 Å². The minimum Gasteiger partial charge on any atom is -0.478 e. The van der Waals surface area contributed by atoms with Gasteiger partial charge >= 0.3 is 5.97 Å². The van der Waals surface area contributed by atoms with Crippen molar-refractivity contribution in [1.29, 1.82) is 0 Å². The topological polar surface area (TPSA) is 49.8 Å². The van der Waals surface area contributed by atoms with Gasteiger partial charge in [-0.25, -0.2) is 4.79 Å². The molecule has 1 unspecified atom stereocenters. The Kier molecular flexibility index (Phi) is 4.78. The molecule has 0 saturated heterocycles. The van der Waals surface area contributed by atoms with Gasteiger partial charge < -0.3 is 14.7 Å². The van der Waals surface area contributed by atoms with Crippen LogP contribution in [-0.2, 0) is 4.74 Å². The summed E-state index contributed by atoms with van der Waals surface area (Å²) in [6, 6.07) is 5.11. The molecule has 1 aromatic rings. The number of carboxylic acids is 1. The first kappa shape index (κ1) is 13.8. The molecule has 1 aromatic carbocycles. The molecule has 0 radical (unpaired) electrons. The van der Waals surface area contributed by atoms with E-state index in [9.17, 15) is 4.79 Å². The monoisotopic (exact) mass is 257 g/mol. The summed E-state index contributed by atoms with van der Waals surface area (Å²) in [5.41, 5.74) is 0.717. The lowest BCUT2D eigenvalue weighted by molar-refractivity contribution is 0.0697. The molecular weight excluding hydrogens is 242 g/mol. The first-order chi connectivity index (χ1) is 7.99. The van der Waals surface area contributed by atoms with Gasteiger partial charge in [0.1, 0.15) is 5.56 Å². The standard InChI is InChI=1S/C12H16ClNO3/c1-8(7-17-3)14(2)10-6-4-5-9(13)11(10)12(15)16/h4-6,8H,7H2,1-3H3,(H,15,16). The number of nitrogens with zero attached hydrogens (tertiary/aromatic N) is 1. The molecule has 0 aliphatic rings. The summed E-state index contributed by atoms with van der Waals surface area (Å²) in [5, 5.41) is 9.41. The van der Waals surface area contributed by atoms with E-state index in [1.807, 2.05) is 18.9 Å². The zero-order valence-electron chi connectivity index (χ0n) is 10.1. The highest BCUT2D eigenvalue weighted by atomic mass is 35.5. The van der Waals surface area contributed by atoms with Crippen LogP contribution in [0.1, 0.15) is 17.3 Å². The maximum atomic E-state index is 11.2. The zero-order valence-corrected chi connectivity index (χ0v) is 10.9. The van der Waals surface area contributed by atoms with Crippen LogP contribution in [0.4, 0.5) is 5.69 Å². The fourth-order valence-electron chi connectivity index (χ4n) is 1.61. The second kappa shape index (κ2) is 5.89. The number of anilines is 1. The van der Waals surface area contributed by atoms with E-state index in [0.29, 0.717) is 12.3 Å². The van der Waals surface area contributed by atoms with Crippen molar-refractivity contribution in [2.75, 3.05) is 25.7 Å². The summed E-state index contributed by atoms with van der Waals surface area (Å²) in [4.78, 5) is 13.0. The van der Waals surface area contributed by atoms with E-state index < -0.39 is 5.97 Å². The van der Waals surface area contributed by atoms with Crippen LogP contribution in [0.3, 0.4) is 0 Å². The van der Waals surface area contributed by atoms with Gasteiger partial charge in [0.25, 0.3) is 0 Å². The molecule has 0 fully saturated rings. The fraction of sp³-hybridized carbons (Fsp3) is 0.417. The molecule has 1 N–H and O–H groups in total. The first-order valence-electron chi connectivity index (χ1n) is 5.22. The summed E-state index contributed by atoms with van der Waals surface area (Å²) in [6.45, 7) is 2.47. The molecule has 0 heterocycles. The maximum Gasteiger partial charge on any atom is 0.339 e. The minimum atomic E-state index is -1.03. The molecule has 0 spiro atoms. The second-order valence-electron chi connectivity index (χ2n) is 3.85. The van der Waals surface area contributed by atoms with Crippen molar-refractivity contribution in [2.24, 2.45) is 0 Å². The van der Waals surface area contributed by atoms with Crippen LogP contribution in [0.5, 0.6) is 0 Å². The molecular formula is C12H16ClNO3. The SMILES string of the molecule is COCC(C)N(C)c1cccc(Cl)c1C(=O)O. The smallest absolute Gasteiger partial charge is 0.339 e. The molecule has 5 heteroatoms. The lowest BCUT2D eigenvalue weighted by Gasteiger charge is -2.28. The summed E-state index contributed by atoms with van der Waals surface area (Å²) in [6.07, 6.45) is 0. The van der Waals surface area contributed by atoms with Crippen LogP contribution in [0.25, 0.3) is 0 Å². The number of hydrogen-bond acceptors (Lipinski definition) is 3. The maximum absolute atomic E-state index is 11.2. The number of benzene rings is 1. The van der Waals surface area contributed by atoms with Crippen LogP contribution in [0, 0.1) is 0 Å². The number of halogens is 1. The summed E-state index contributed by atoms with van der Waals surface area (Å²) >= 11 is 5.91. The van der Waals surface area contributed by atoms with E-state index in [2.05, 4.69) is 0 Å². The van der Waals surface area contributed by atoms with Crippen molar-refractivity contribution in [1.82, 2.24) is 0 Å². The van der Waals surface area contributed by atoms with Crippen LogP contribution in [0.2, 0.25) is 5.02 Å². The first-order valence-corrected chi connectivity index (χ1v) is 5.60. The van der Waals surface area contributed by atoms with Crippen molar-refractivity contribution in [3.8, 4) is 0 Å². The molecule has 0 aliphatic carbocycles. The van der Waals surface area contributed by atoms with Gasteiger partial charge in [-0.2, -0.15) is 0 Å². The molecule has 94 valence electrons. The quantitative estimate of drug-likeness (QED) is 0.881. The van der Waals surface area contributed by atoms with Gasteiger partial charge in [0.05, 0.1) is 17.3 Å². The van der Waals surface area contributed by atoms with Crippen LogP contribution < -0.4 is 4.90 Å². The number of methoxy groups -OCH3 is 1. The second-order valence-corrected chi connectivity index (χ2v) is 4.26. The van der Waals surface area contributed by atoms with E-state index in [1.54, 1.807) is 25.3 Å². The third-order valence-electron chi connectivity index (χ3n) is 2.65. The number of carbonyl (C=O) groups is 1. The van der Waals surface area contributed by atoms with Crippen molar-refractivity contribution in [3.63, 3.8) is 0 Å². The fourth-order valence-corrected chi connectivity index (χ4v) is 1.86. The summed E-state index contributed by atoms with van der Waals surface area (Å²) in [5.74, 6) is -1.03. The van der Waals surface area contributed by atoms with E-state index >= 15 is 0 Å². The molecule has 0 bridgehead atoms. The Morgan fingerprint density at radius 1 is 1.59 bits per heavy atom. The van der Waals surface area contributed by atoms with Gasteiger partial charge in [0.2, 0.25) is 0 Å². The number of ether oxygens (including phenoxy) is 1. The van der Waals surface area contributed by atoms with Crippen molar-refractivity contribution in [3.05, 3.63) is 28.8 Å². The molecule has 1 rings (SSSR count). The van der Waals surface area contributed by atoms with Crippen molar-refractivity contribution in [2.45, 2.75) is 13.0 Å². The molecule has 4 nitrogen and oxygen atoms in total. The van der Waals surface area contributed by atoms with Gasteiger partial charge in [-0.1, -0.05) is 17.7 Å². The van der Waals surface area contributed by atoms with Crippen LogP contribution in [-0.4, -0.2) is 37.9 Å². The molecule has 0 amide bonds. The number of rotatable bonds is 5. The van der Waals surface area contributed by atoms with E-state index in [4.69, 9.17) is 21.4 Å². The number of aromatic carboxylic acids is 1. The lowest BCUT2D eigenvalue weighted by atomic mass is 10.1. The van der Waals surface area contributed by atoms with Gasteiger partial charge in [-0.15, -0.1) is 0 Å². The third-order valence-corrected chi connectivity index (χ3v) is 2.97. The zero-order chi connectivity index (χ0) is 13.0. The normalized spacial score (nSPS) is 12.2. The highest BCUT2D eigenvalue weighted by molar-refractivity contribution is 6.34. The average molecular weight is 258 g/mol. The summed E-state index contributed by atoms with van der Waals surface area (Å²) < 4.78 is 5.05. The van der Waals surface area contributed by atoms with Gasteiger partial charge in [0.15, 0.2) is 0 Å². The molecule has 17 heavy (non-hydrogen) atoms. The average Bonchev–Trinajstić information content (AvgIpc) is 2.27. The minimum absolute atomic E-state index is 0.0663. The van der Waals surface area contributed by atoms with E-state index in [1.165, 1.54) is 0 Å². The van der Waals surface area contributed by atoms with Gasteiger partial charge in [-0.05, 0) is 19.1 Å². The summed E-state index contributed by atoms with van der Waals surface area (Å²) in [7, 11) is 3.43. The molecule has 0 saturated carbocycles. The molecule has 0 aromatic heterocycles. The Morgan fingerprint density at radius 3 is 2.76 bits per heavy atom. The third kappa shape index (κ3) is 3.11. The predicted molar refractivity (Wildman–Crippen MR) is 68.2 cm³/mol. The highest BCUT2D eigenvalue weighted by Crippen LogP contribution is 2.27. The Labute approximate surface area is 106 Å². The van der Waals surface area contributed by atoms with E-state index in [0.717, 1.165) is 0 Å². The predicted octanol–water partition coefficient (Wildman–Crippen LogP) is 2.51. The Balaban J connectivity index is 3.13. The Morgan fingerprint density at radius 2 is 2.24 bits per heavy atom. The largest absolute Gasteiger partial charge is 0.478 e. The van der Waals surface area contributed by atoms with Crippen LogP contribution in [0.15, 0.2) is 18.2 Å². The number of carboxylic acid groups (broad SMARTS) is 1. The van der Waals surface area contributed by atoms with Gasteiger partial charge in [0, 0.05) is 20.2 Å². The van der Waals surface area contributed by atoms with Gasteiger partial charge in [-0.3, -0.25) is 0 Å². The van der Waals surface area contributed by atoms with Crippen molar-refractivity contribution < 1.29 is 14.6 Å². The Hall–Kier alpha value is -1.26.